The molecule has 0 aromatic heterocycles. The minimum absolute atomic E-state index is 0.0980. The minimum Gasteiger partial charge on any atom is -0.496 e. The second-order valence-corrected chi connectivity index (χ2v) is 3.34. The molecule has 0 saturated heterocycles. The fourth-order valence-corrected chi connectivity index (χ4v) is 1.66. The molecule has 4 nitrogen and oxygen atoms in total. The van der Waals surface area contributed by atoms with Crippen molar-refractivity contribution >= 4 is 5.91 Å². The number of carbonyl (C=O) groups is 1. The lowest BCUT2D eigenvalue weighted by atomic mass is 10.0. The van der Waals surface area contributed by atoms with E-state index >= 15 is 0 Å². The third-order valence-corrected chi connectivity index (χ3v) is 2.51. The van der Waals surface area contributed by atoms with Crippen LogP contribution < -0.4 is 5.32 Å². The van der Waals surface area contributed by atoms with Crippen LogP contribution in [0.25, 0.3) is 0 Å². The maximum absolute atomic E-state index is 11.5. The SMILES string of the molecule is C=C(OC)C1(O)NC(=O)c2ccccc21. The normalized spacial score (nSPS) is 23.2. The Bertz CT molecular complexity index is 441. The summed E-state index contributed by atoms with van der Waals surface area (Å²) in [6, 6.07) is 6.79. The first-order chi connectivity index (χ1) is 7.09. The molecule has 78 valence electrons. The van der Waals surface area contributed by atoms with Crippen molar-refractivity contribution in [3.63, 3.8) is 0 Å². The van der Waals surface area contributed by atoms with Crippen molar-refractivity contribution in [2.45, 2.75) is 5.72 Å². The maximum atomic E-state index is 11.5. The van der Waals surface area contributed by atoms with Gasteiger partial charge in [-0.05, 0) is 6.07 Å². The monoisotopic (exact) mass is 205 g/mol. The largest absolute Gasteiger partial charge is 0.496 e. The first-order valence-corrected chi connectivity index (χ1v) is 4.47. The smallest absolute Gasteiger partial charge is 0.254 e. The summed E-state index contributed by atoms with van der Waals surface area (Å²) in [5, 5.41) is 12.7. The summed E-state index contributed by atoms with van der Waals surface area (Å²) in [7, 11) is 1.40. The number of benzene rings is 1. The van der Waals surface area contributed by atoms with Crippen molar-refractivity contribution in [2.24, 2.45) is 0 Å². The van der Waals surface area contributed by atoms with E-state index in [-0.39, 0.29) is 11.7 Å². The van der Waals surface area contributed by atoms with Gasteiger partial charge in [0.25, 0.3) is 5.91 Å². The lowest BCUT2D eigenvalue weighted by molar-refractivity contribution is 0.00147. The Labute approximate surface area is 87.2 Å². The summed E-state index contributed by atoms with van der Waals surface area (Å²) < 4.78 is 4.88. The molecule has 0 aliphatic carbocycles. The molecule has 1 heterocycles. The van der Waals surface area contributed by atoms with Gasteiger partial charge in [0.05, 0.1) is 7.11 Å². The summed E-state index contributed by atoms with van der Waals surface area (Å²) >= 11 is 0. The highest BCUT2D eigenvalue weighted by atomic mass is 16.5. The third kappa shape index (κ3) is 1.22. The summed E-state index contributed by atoms with van der Waals surface area (Å²) in [4.78, 5) is 11.5. The van der Waals surface area contributed by atoms with Crippen LogP contribution in [0.2, 0.25) is 0 Å². The number of fused-ring (bicyclic) bond motifs is 1. The quantitative estimate of drug-likeness (QED) is 0.700. The molecular weight excluding hydrogens is 194 g/mol. The molecule has 0 radical (unpaired) electrons. The van der Waals surface area contributed by atoms with E-state index in [1.165, 1.54) is 7.11 Å². The highest BCUT2D eigenvalue weighted by Crippen LogP contribution is 2.33. The zero-order valence-corrected chi connectivity index (χ0v) is 8.28. The van der Waals surface area contributed by atoms with Crippen LogP contribution in [0.3, 0.4) is 0 Å². The van der Waals surface area contributed by atoms with Crippen LogP contribution in [-0.4, -0.2) is 18.1 Å². The van der Waals surface area contributed by atoms with Crippen molar-refractivity contribution < 1.29 is 14.6 Å². The van der Waals surface area contributed by atoms with Crippen LogP contribution in [0, 0.1) is 0 Å². The minimum atomic E-state index is -1.61. The van der Waals surface area contributed by atoms with Gasteiger partial charge in [-0.15, -0.1) is 0 Å². The second kappa shape index (κ2) is 3.10. The van der Waals surface area contributed by atoms with Crippen LogP contribution >= 0.6 is 0 Å². The highest BCUT2D eigenvalue weighted by molar-refractivity contribution is 6.00. The Balaban J connectivity index is 2.57. The molecule has 1 atom stereocenters. The van der Waals surface area contributed by atoms with E-state index in [0.717, 1.165) is 0 Å². The average Bonchev–Trinajstić information content (AvgIpc) is 2.52. The van der Waals surface area contributed by atoms with E-state index in [2.05, 4.69) is 11.9 Å². The van der Waals surface area contributed by atoms with Crippen molar-refractivity contribution in [3.05, 3.63) is 47.7 Å². The second-order valence-electron chi connectivity index (χ2n) is 3.34. The van der Waals surface area contributed by atoms with Gasteiger partial charge in [0, 0.05) is 11.1 Å². The van der Waals surface area contributed by atoms with E-state index < -0.39 is 5.72 Å². The molecule has 15 heavy (non-hydrogen) atoms. The Morgan fingerprint density at radius 1 is 1.53 bits per heavy atom. The van der Waals surface area contributed by atoms with Crippen molar-refractivity contribution in [3.8, 4) is 0 Å². The Kier molecular flexibility index (Phi) is 2.01. The van der Waals surface area contributed by atoms with Crippen molar-refractivity contribution in [1.82, 2.24) is 5.32 Å². The first kappa shape index (κ1) is 9.73. The van der Waals surface area contributed by atoms with E-state index in [1.54, 1.807) is 24.3 Å². The number of carbonyl (C=O) groups excluding carboxylic acids is 1. The zero-order chi connectivity index (χ0) is 11.1. The molecule has 1 aliphatic heterocycles. The van der Waals surface area contributed by atoms with Gasteiger partial charge in [0.15, 0.2) is 0 Å². The van der Waals surface area contributed by atoms with Crippen molar-refractivity contribution in [2.75, 3.05) is 7.11 Å². The lowest BCUT2D eigenvalue weighted by Gasteiger charge is -2.24. The van der Waals surface area contributed by atoms with Crippen LogP contribution in [0.5, 0.6) is 0 Å². The third-order valence-electron chi connectivity index (χ3n) is 2.51. The molecule has 0 bridgehead atoms. The molecular formula is C11H11NO3. The fraction of sp³-hybridized carbons (Fsp3) is 0.182. The maximum Gasteiger partial charge on any atom is 0.254 e. The van der Waals surface area contributed by atoms with Crippen LogP contribution in [0.15, 0.2) is 36.6 Å². The number of rotatable bonds is 2. The number of nitrogens with one attached hydrogen (secondary N) is 1. The Morgan fingerprint density at radius 2 is 2.20 bits per heavy atom. The van der Waals surface area contributed by atoms with Gasteiger partial charge in [-0.1, -0.05) is 24.8 Å². The van der Waals surface area contributed by atoms with E-state index in [1.807, 2.05) is 0 Å². The number of ether oxygens (including phenoxy) is 1. The number of hydrogen-bond donors (Lipinski definition) is 2. The number of hydrogen-bond acceptors (Lipinski definition) is 3. The highest BCUT2D eigenvalue weighted by Gasteiger charge is 2.44. The molecule has 1 amide bonds. The van der Waals surface area contributed by atoms with Gasteiger partial charge in [-0.25, -0.2) is 0 Å². The predicted octanol–water partition coefficient (Wildman–Crippen LogP) is 0.735. The van der Waals surface area contributed by atoms with Gasteiger partial charge in [-0.2, -0.15) is 0 Å². The number of aliphatic hydroxyl groups is 1. The molecule has 0 saturated carbocycles. The van der Waals surface area contributed by atoms with Crippen LogP contribution in [0.1, 0.15) is 15.9 Å². The predicted molar refractivity (Wildman–Crippen MR) is 54.0 cm³/mol. The number of methoxy groups -OCH3 is 1. The topological polar surface area (TPSA) is 58.6 Å². The molecule has 2 N–H and O–H groups in total. The van der Waals surface area contributed by atoms with Crippen LogP contribution in [0.4, 0.5) is 0 Å². The number of amides is 1. The summed E-state index contributed by atoms with van der Waals surface area (Å²) in [6.07, 6.45) is 0. The molecule has 0 fully saturated rings. The van der Waals surface area contributed by atoms with E-state index in [4.69, 9.17) is 4.74 Å². The summed E-state index contributed by atoms with van der Waals surface area (Å²) in [5.74, 6) is -0.230. The summed E-state index contributed by atoms with van der Waals surface area (Å²) in [5.41, 5.74) is -0.692. The van der Waals surface area contributed by atoms with Gasteiger partial charge in [0.1, 0.15) is 5.76 Å². The van der Waals surface area contributed by atoms with Gasteiger partial charge in [0.2, 0.25) is 5.72 Å². The van der Waals surface area contributed by atoms with E-state index in [0.29, 0.717) is 11.1 Å². The van der Waals surface area contributed by atoms with Crippen molar-refractivity contribution in [1.29, 1.82) is 0 Å². The molecule has 1 aromatic carbocycles. The summed E-state index contributed by atoms with van der Waals surface area (Å²) in [6.45, 7) is 3.57. The lowest BCUT2D eigenvalue weighted by Crippen LogP contribution is -2.41. The molecule has 1 aromatic rings. The molecule has 1 unspecified atom stereocenters. The molecule has 4 heteroatoms. The van der Waals surface area contributed by atoms with Crippen LogP contribution in [-0.2, 0) is 10.5 Å². The van der Waals surface area contributed by atoms with E-state index in [9.17, 15) is 9.90 Å². The van der Waals surface area contributed by atoms with Gasteiger partial charge in [-0.3, -0.25) is 4.79 Å². The zero-order valence-electron chi connectivity index (χ0n) is 8.28. The van der Waals surface area contributed by atoms with Gasteiger partial charge >= 0.3 is 0 Å². The molecule has 1 aliphatic rings. The molecule has 2 rings (SSSR count). The van der Waals surface area contributed by atoms with Gasteiger partial charge < -0.3 is 15.2 Å². The fourth-order valence-electron chi connectivity index (χ4n) is 1.66. The Morgan fingerprint density at radius 3 is 2.87 bits per heavy atom. The standard InChI is InChI=1S/C11H11NO3/c1-7(15-2)11(14)9-6-4-3-5-8(9)10(13)12-11/h3-6,14H,1H2,2H3,(H,12,13). The molecule has 0 spiro atoms. The Hall–Kier alpha value is -1.81. The first-order valence-electron chi connectivity index (χ1n) is 4.47. The average molecular weight is 205 g/mol.